The number of fused-ring (bicyclic) bond motifs is 1. The third-order valence-electron chi connectivity index (χ3n) is 3.42. The summed E-state index contributed by atoms with van der Waals surface area (Å²) >= 11 is 5.95. The van der Waals surface area contributed by atoms with Crippen LogP contribution in [0.1, 0.15) is 21.7 Å². The lowest BCUT2D eigenvalue weighted by molar-refractivity contribution is 0.0996. The SMILES string of the molecule is Cc1nc2ccccc2nc1COc1cc(Cl)ccc1C(N)=O. The maximum atomic E-state index is 11.5. The number of amides is 1. The van der Waals surface area contributed by atoms with Crippen molar-refractivity contribution in [1.82, 2.24) is 9.97 Å². The average Bonchev–Trinajstić information content (AvgIpc) is 2.52. The number of aromatic nitrogens is 2. The Morgan fingerprint density at radius 1 is 1.17 bits per heavy atom. The van der Waals surface area contributed by atoms with Gasteiger partial charge in [0.15, 0.2) is 0 Å². The normalized spacial score (nSPS) is 10.7. The van der Waals surface area contributed by atoms with Gasteiger partial charge in [-0.2, -0.15) is 0 Å². The smallest absolute Gasteiger partial charge is 0.252 e. The van der Waals surface area contributed by atoms with Gasteiger partial charge in [0.2, 0.25) is 0 Å². The lowest BCUT2D eigenvalue weighted by Gasteiger charge is -2.11. The van der Waals surface area contributed by atoms with Gasteiger partial charge in [-0.1, -0.05) is 23.7 Å². The standard InChI is InChI=1S/C17H14ClN3O2/c1-10-15(21-14-5-3-2-4-13(14)20-10)9-23-16-8-11(18)6-7-12(16)17(19)22/h2-8H,9H2,1H3,(H2,19,22). The van der Waals surface area contributed by atoms with Gasteiger partial charge < -0.3 is 10.5 Å². The van der Waals surface area contributed by atoms with Gasteiger partial charge in [0.05, 0.1) is 28.0 Å². The highest BCUT2D eigenvalue weighted by molar-refractivity contribution is 6.30. The van der Waals surface area contributed by atoms with E-state index in [1.54, 1.807) is 18.2 Å². The van der Waals surface area contributed by atoms with E-state index in [0.717, 1.165) is 16.7 Å². The number of nitrogens with two attached hydrogens (primary N) is 1. The minimum absolute atomic E-state index is 0.171. The van der Waals surface area contributed by atoms with Crippen LogP contribution in [0.3, 0.4) is 0 Å². The van der Waals surface area contributed by atoms with Crippen molar-refractivity contribution >= 4 is 28.5 Å². The zero-order valence-corrected chi connectivity index (χ0v) is 13.2. The number of nitrogens with zero attached hydrogens (tertiary/aromatic N) is 2. The summed E-state index contributed by atoms with van der Waals surface area (Å²) in [5.74, 6) is -0.239. The Bertz CT molecular complexity index is 896. The first-order valence-electron chi connectivity index (χ1n) is 6.99. The molecule has 5 nitrogen and oxygen atoms in total. The van der Waals surface area contributed by atoms with E-state index < -0.39 is 5.91 Å². The molecule has 0 atom stereocenters. The van der Waals surface area contributed by atoms with Crippen LogP contribution < -0.4 is 10.5 Å². The first kappa shape index (κ1) is 15.2. The quantitative estimate of drug-likeness (QED) is 0.797. The van der Waals surface area contributed by atoms with Gasteiger partial charge in [-0.05, 0) is 37.3 Å². The average molecular weight is 328 g/mol. The molecule has 6 heteroatoms. The molecule has 0 radical (unpaired) electrons. The van der Waals surface area contributed by atoms with Crippen LogP contribution in [0, 0.1) is 6.92 Å². The number of hydrogen-bond donors (Lipinski definition) is 1. The number of carbonyl (C=O) groups excluding carboxylic acids is 1. The molecule has 3 aromatic rings. The maximum absolute atomic E-state index is 11.5. The minimum Gasteiger partial charge on any atom is -0.486 e. The molecule has 1 amide bonds. The summed E-state index contributed by atoms with van der Waals surface area (Å²) < 4.78 is 5.71. The van der Waals surface area contributed by atoms with Gasteiger partial charge >= 0.3 is 0 Å². The number of carbonyl (C=O) groups is 1. The highest BCUT2D eigenvalue weighted by Gasteiger charge is 2.12. The Kier molecular flexibility index (Phi) is 4.12. The van der Waals surface area contributed by atoms with Gasteiger partial charge in [-0.3, -0.25) is 4.79 Å². The number of ether oxygens (including phenoxy) is 1. The molecule has 0 aliphatic rings. The number of primary amides is 1. The number of aryl methyl sites for hydroxylation is 1. The largest absolute Gasteiger partial charge is 0.486 e. The highest BCUT2D eigenvalue weighted by Crippen LogP contribution is 2.24. The number of para-hydroxylation sites is 2. The van der Waals surface area contributed by atoms with Crippen LogP contribution in [0.5, 0.6) is 5.75 Å². The van der Waals surface area contributed by atoms with Gasteiger partial charge in [-0.15, -0.1) is 0 Å². The molecular formula is C17H14ClN3O2. The van der Waals surface area contributed by atoms with Crippen LogP contribution in [-0.2, 0) is 6.61 Å². The minimum atomic E-state index is -0.571. The maximum Gasteiger partial charge on any atom is 0.252 e. The zero-order chi connectivity index (χ0) is 16.4. The second-order valence-electron chi connectivity index (χ2n) is 5.04. The van der Waals surface area contributed by atoms with Crippen LogP contribution in [0.25, 0.3) is 11.0 Å². The zero-order valence-electron chi connectivity index (χ0n) is 12.4. The van der Waals surface area contributed by atoms with Crippen molar-refractivity contribution in [3.8, 4) is 5.75 Å². The fourth-order valence-electron chi connectivity index (χ4n) is 2.23. The van der Waals surface area contributed by atoms with E-state index in [2.05, 4.69) is 9.97 Å². The summed E-state index contributed by atoms with van der Waals surface area (Å²) in [6.45, 7) is 2.04. The Morgan fingerprint density at radius 3 is 2.57 bits per heavy atom. The Labute approximate surface area is 138 Å². The van der Waals surface area contributed by atoms with E-state index in [1.807, 2.05) is 31.2 Å². The number of benzene rings is 2. The first-order chi connectivity index (χ1) is 11.0. The van der Waals surface area contributed by atoms with Crippen molar-refractivity contribution in [3.63, 3.8) is 0 Å². The number of rotatable bonds is 4. The summed E-state index contributed by atoms with van der Waals surface area (Å²) in [6.07, 6.45) is 0. The van der Waals surface area contributed by atoms with Crippen LogP contribution in [0.2, 0.25) is 5.02 Å². The van der Waals surface area contributed by atoms with Gasteiger partial charge in [-0.25, -0.2) is 9.97 Å². The third kappa shape index (κ3) is 3.24. The molecule has 0 aliphatic carbocycles. The fraction of sp³-hybridized carbons (Fsp3) is 0.118. The molecule has 1 aromatic heterocycles. The summed E-state index contributed by atoms with van der Waals surface area (Å²) in [6, 6.07) is 12.3. The summed E-state index contributed by atoms with van der Waals surface area (Å²) in [5, 5.41) is 0.464. The van der Waals surface area contributed by atoms with Crippen molar-refractivity contribution in [2.24, 2.45) is 5.73 Å². The molecule has 0 unspecified atom stereocenters. The number of halogens is 1. The van der Waals surface area contributed by atoms with E-state index in [9.17, 15) is 4.79 Å². The second-order valence-corrected chi connectivity index (χ2v) is 5.47. The van der Waals surface area contributed by atoms with E-state index in [-0.39, 0.29) is 12.2 Å². The van der Waals surface area contributed by atoms with Crippen LogP contribution in [0.4, 0.5) is 0 Å². The molecule has 2 aromatic carbocycles. The fourth-order valence-corrected chi connectivity index (χ4v) is 2.39. The van der Waals surface area contributed by atoms with Crippen molar-refractivity contribution in [3.05, 3.63) is 64.4 Å². The van der Waals surface area contributed by atoms with Crippen molar-refractivity contribution < 1.29 is 9.53 Å². The highest BCUT2D eigenvalue weighted by atomic mass is 35.5. The van der Waals surface area contributed by atoms with Crippen LogP contribution >= 0.6 is 11.6 Å². The van der Waals surface area contributed by atoms with Gasteiger partial charge in [0.1, 0.15) is 12.4 Å². The molecule has 0 saturated carbocycles. The molecule has 2 N–H and O–H groups in total. The Morgan fingerprint density at radius 2 is 1.87 bits per heavy atom. The molecule has 0 saturated heterocycles. The van der Waals surface area contributed by atoms with Gasteiger partial charge in [0, 0.05) is 5.02 Å². The monoisotopic (exact) mass is 327 g/mol. The predicted molar refractivity (Wildman–Crippen MR) is 88.6 cm³/mol. The molecule has 0 spiro atoms. The van der Waals surface area contributed by atoms with Crippen molar-refractivity contribution in [2.45, 2.75) is 13.5 Å². The lowest BCUT2D eigenvalue weighted by atomic mass is 10.2. The third-order valence-corrected chi connectivity index (χ3v) is 3.65. The topological polar surface area (TPSA) is 78.1 Å². The molecule has 1 heterocycles. The van der Waals surface area contributed by atoms with Crippen LogP contribution in [0.15, 0.2) is 42.5 Å². The molecule has 116 valence electrons. The molecule has 0 aliphatic heterocycles. The van der Waals surface area contributed by atoms with E-state index in [4.69, 9.17) is 22.1 Å². The Hall–Kier alpha value is -2.66. The van der Waals surface area contributed by atoms with E-state index in [1.165, 1.54) is 0 Å². The molecule has 0 bridgehead atoms. The first-order valence-corrected chi connectivity index (χ1v) is 7.37. The molecule has 23 heavy (non-hydrogen) atoms. The van der Waals surface area contributed by atoms with Crippen molar-refractivity contribution in [2.75, 3.05) is 0 Å². The Balaban J connectivity index is 1.90. The molecule has 0 fully saturated rings. The summed E-state index contributed by atoms with van der Waals surface area (Å²) in [5.41, 5.74) is 8.71. The second kappa shape index (κ2) is 6.22. The van der Waals surface area contributed by atoms with Gasteiger partial charge in [0.25, 0.3) is 5.91 Å². The van der Waals surface area contributed by atoms with E-state index in [0.29, 0.717) is 16.5 Å². The summed E-state index contributed by atoms with van der Waals surface area (Å²) in [4.78, 5) is 20.5. The van der Waals surface area contributed by atoms with E-state index >= 15 is 0 Å². The van der Waals surface area contributed by atoms with Crippen LogP contribution in [-0.4, -0.2) is 15.9 Å². The lowest BCUT2D eigenvalue weighted by Crippen LogP contribution is -2.13. The molecular weight excluding hydrogens is 314 g/mol. The summed E-state index contributed by atoms with van der Waals surface area (Å²) in [7, 11) is 0. The van der Waals surface area contributed by atoms with Crippen molar-refractivity contribution in [1.29, 1.82) is 0 Å². The predicted octanol–water partition coefficient (Wildman–Crippen LogP) is 3.27. The number of hydrogen-bond acceptors (Lipinski definition) is 4. The molecule has 3 rings (SSSR count).